The highest BCUT2D eigenvalue weighted by molar-refractivity contribution is 7.85. The first kappa shape index (κ1) is 42.3. The van der Waals surface area contributed by atoms with E-state index in [-0.39, 0.29) is 22.5 Å². The molecule has 59 heavy (non-hydrogen) atoms. The molecule has 10 heteroatoms. The standard InChI is InChI=1S/C49H59N5O4S/c1-48(2)43(53(41-28-26-37-19-12-14-21-39(37)46(41)48)32-16-8-11-25-45(55)51-52-34-30-50-31-35-52)23-9-6-5-7-10-24-44-49(3,4)47-40-22-15-13-20-38(40)27-29-42(47)54(44)33-17-18-36-59(56,57)58/h5-7,9-10,12-15,19-24,26-29,50H,8,11,16-18,25,30-36H2,1-4H3,(H-,51,55,56,57,58)/p+1. The van der Waals surface area contributed by atoms with Crippen molar-refractivity contribution in [3.63, 3.8) is 0 Å². The number of unbranched alkanes of at least 4 members (excludes halogenated alkanes) is 3. The third-order valence-electron chi connectivity index (χ3n) is 12.2. The molecule has 3 N–H and O–H groups in total. The van der Waals surface area contributed by atoms with Crippen molar-refractivity contribution >= 4 is 54.7 Å². The number of fused-ring (bicyclic) bond motifs is 6. The molecule has 310 valence electrons. The summed E-state index contributed by atoms with van der Waals surface area (Å²) in [5.41, 5.74) is 10.0. The molecule has 3 aliphatic heterocycles. The number of hydrazine groups is 1. The first-order valence-corrected chi connectivity index (χ1v) is 22.9. The summed E-state index contributed by atoms with van der Waals surface area (Å²) in [6.45, 7) is 14.2. The molecular formula is C49H60N5O4S+. The minimum absolute atomic E-state index is 0.106. The van der Waals surface area contributed by atoms with Crippen LogP contribution in [0.15, 0.2) is 121 Å². The number of nitrogens with one attached hydrogen (secondary N) is 2. The lowest BCUT2D eigenvalue weighted by molar-refractivity contribution is -0.438. The normalized spacial score (nSPS) is 18.7. The number of rotatable bonds is 16. The number of nitrogens with zero attached hydrogens (tertiary/aromatic N) is 3. The third-order valence-corrected chi connectivity index (χ3v) is 13.0. The largest absolute Gasteiger partial charge is 0.344 e. The van der Waals surface area contributed by atoms with Gasteiger partial charge in [-0.05, 0) is 84.8 Å². The van der Waals surface area contributed by atoms with Crippen LogP contribution >= 0.6 is 0 Å². The highest BCUT2D eigenvalue weighted by Gasteiger charge is 2.45. The fourth-order valence-electron chi connectivity index (χ4n) is 9.33. The van der Waals surface area contributed by atoms with Crippen molar-refractivity contribution in [3.8, 4) is 0 Å². The van der Waals surface area contributed by atoms with Crippen molar-refractivity contribution < 1.29 is 22.3 Å². The summed E-state index contributed by atoms with van der Waals surface area (Å²) < 4.78 is 34.7. The maximum atomic E-state index is 12.6. The lowest BCUT2D eigenvalue weighted by atomic mass is 9.79. The van der Waals surface area contributed by atoms with E-state index in [1.165, 1.54) is 44.1 Å². The number of carbonyl (C=O) groups excluding carboxylic acids is 1. The Hall–Kier alpha value is -4.87. The van der Waals surface area contributed by atoms with Crippen LogP contribution in [0.3, 0.4) is 0 Å². The fourth-order valence-corrected chi connectivity index (χ4v) is 9.90. The molecule has 3 heterocycles. The number of carbonyl (C=O) groups is 1. The average Bonchev–Trinajstić information content (AvgIpc) is 3.57. The average molecular weight is 815 g/mol. The van der Waals surface area contributed by atoms with Gasteiger partial charge in [0, 0.05) is 80.1 Å². The second-order valence-corrected chi connectivity index (χ2v) is 18.6. The van der Waals surface area contributed by atoms with E-state index in [4.69, 9.17) is 0 Å². The molecule has 4 aromatic rings. The minimum Gasteiger partial charge on any atom is -0.344 e. The molecule has 0 atom stereocenters. The van der Waals surface area contributed by atoms with Gasteiger partial charge in [-0.3, -0.25) is 14.8 Å². The summed E-state index contributed by atoms with van der Waals surface area (Å²) in [6, 6.07) is 26.0. The molecule has 0 bridgehead atoms. The monoisotopic (exact) mass is 814 g/mol. The zero-order chi connectivity index (χ0) is 41.6. The van der Waals surface area contributed by atoms with Crippen molar-refractivity contribution in [3.05, 3.63) is 132 Å². The van der Waals surface area contributed by atoms with Crippen molar-refractivity contribution in [1.29, 1.82) is 0 Å². The molecule has 0 radical (unpaired) electrons. The molecule has 3 aliphatic rings. The zero-order valence-corrected chi connectivity index (χ0v) is 35.9. The summed E-state index contributed by atoms with van der Waals surface area (Å²) in [5, 5.41) is 10.3. The Morgan fingerprint density at radius 2 is 1.44 bits per heavy atom. The Balaban J connectivity index is 1.07. The van der Waals surface area contributed by atoms with Crippen molar-refractivity contribution in [2.24, 2.45) is 0 Å². The highest BCUT2D eigenvalue weighted by atomic mass is 32.2. The molecule has 0 aliphatic carbocycles. The van der Waals surface area contributed by atoms with Gasteiger partial charge in [0.2, 0.25) is 11.6 Å². The van der Waals surface area contributed by atoms with Gasteiger partial charge in [-0.2, -0.15) is 13.0 Å². The number of hydrogen-bond donors (Lipinski definition) is 3. The smallest absolute Gasteiger partial charge is 0.264 e. The van der Waals surface area contributed by atoms with Crippen LogP contribution in [0.4, 0.5) is 11.4 Å². The quantitative estimate of drug-likeness (QED) is 0.0450. The Kier molecular flexibility index (Phi) is 13.0. The molecule has 4 aromatic carbocycles. The van der Waals surface area contributed by atoms with Crippen LogP contribution in [-0.4, -0.2) is 79.2 Å². The highest BCUT2D eigenvalue weighted by Crippen LogP contribution is 2.51. The molecule has 0 unspecified atom stereocenters. The van der Waals surface area contributed by atoms with Crippen molar-refractivity contribution in [1.82, 2.24) is 15.8 Å². The lowest BCUT2D eigenvalue weighted by Gasteiger charge is -2.27. The maximum absolute atomic E-state index is 12.6. The number of allylic oxidation sites excluding steroid dienone is 8. The van der Waals surface area contributed by atoms with Gasteiger partial charge in [0.1, 0.15) is 6.54 Å². The van der Waals surface area contributed by atoms with Crippen LogP contribution < -0.4 is 15.6 Å². The van der Waals surface area contributed by atoms with Gasteiger partial charge in [0.15, 0.2) is 5.71 Å². The molecular weight excluding hydrogens is 755 g/mol. The van der Waals surface area contributed by atoms with Crippen LogP contribution in [0.2, 0.25) is 0 Å². The van der Waals surface area contributed by atoms with Gasteiger partial charge in [-0.25, -0.2) is 5.01 Å². The summed E-state index contributed by atoms with van der Waals surface area (Å²) >= 11 is 0. The second kappa shape index (κ2) is 18.2. The topological polar surface area (TPSA) is 105 Å². The summed E-state index contributed by atoms with van der Waals surface area (Å²) in [4.78, 5) is 14.9. The Bertz CT molecular complexity index is 2450. The summed E-state index contributed by atoms with van der Waals surface area (Å²) in [7, 11) is -4.00. The first-order valence-electron chi connectivity index (χ1n) is 21.3. The summed E-state index contributed by atoms with van der Waals surface area (Å²) in [6.07, 6.45) is 19.3. The molecule has 1 fully saturated rings. The van der Waals surface area contributed by atoms with E-state index < -0.39 is 10.1 Å². The van der Waals surface area contributed by atoms with E-state index in [9.17, 15) is 17.8 Å². The predicted molar refractivity (Wildman–Crippen MR) is 243 cm³/mol. The van der Waals surface area contributed by atoms with Gasteiger partial charge >= 0.3 is 0 Å². The van der Waals surface area contributed by atoms with Crippen LogP contribution in [0.25, 0.3) is 21.5 Å². The minimum atomic E-state index is -4.00. The number of piperazine rings is 1. The molecule has 0 spiro atoms. The van der Waals surface area contributed by atoms with E-state index in [2.05, 4.69) is 163 Å². The molecule has 1 saturated heterocycles. The van der Waals surface area contributed by atoms with E-state index >= 15 is 0 Å². The molecule has 7 rings (SSSR count). The maximum Gasteiger partial charge on any atom is 0.264 e. The number of benzene rings is 4. The Morgan fingerprint density at radius 1 is 0.780 bits per heavy atom. The first-order chi connectivity index (χ1) is 28.4. The van der Waals surface area contributed by atoms with Gasteiger partial charge in [-0.1, -0.05) is 98.8 Å². The third kappa shape index (κ3) is 9.47. The molecule has 0 aromatic heterocycles. The van der Waals surface area contributed by atoms with E-state index in [0.717, 1.165) is 63.4 Å². The molecule has 1 amide bonds. The van der Waals surface area contributed by atoms with E-state index in [0.29, 0.717) is 25.8 Å². The van der Waals surface area contributed by atoms with Gasteiger partial charge < -0.3 is 10.2 Å². The van der Waals surface area contributed by atoms with E-state index in [1.54, 1.807) is 0 Å². The van der Waals surface area contributed by atoms with Gasteiger partial charge in [-0.15, -0.1) is 0 Å². The van der Waals surface area contributed by atoms with Crippen molar-refractivity contribution in [2.45, 2.75) is 77.0 Å². The second-order valence-electron chi connectivity index (χ2n) is 17.1. The zero-order valence-electron chi connectivity index (χ0n) is 35.1. The van der Waals surface area contributed by atoms with Crippen LogP contribution in [0, 0.1) is 0 Å². The molecule has 0 saturated carbocycles. The van der Waals surface area contributed by atoms with Crippen LogP contribution in [-0.2, 0) is 25.7 Å². The van der Waals surface area contributed by atoms with Gasteiger partial charge in [0.25, 0.3) is 10.1 Å². The summed E-state index contributed by atoms with van der Waals surface area (Å²) in [5.74, 6) is -0.129. The number of hydrogen-bond acceptors (Lipinski definition) is 6. The number of amides is 1. The van der Waals surface area contributed by atoms with Crippen molar-refractivity contribution in [2.75, 3.05) is 49.9 Å². The predicted octanol–water partition coefficient (Wildman–Crippen LogP) is 8.88. The van der Waals surface area contributed by atoms with Gasteiger partial charge in [0.05, 0.1) is 11.2 Å². The van der Waals surface area contributed by atoms with Crippen LogP contribution in [0.1, 0.15) is 77.3 Å². The fraction of sp³-hybridized carbons (Fsp3) is 0.388. The Labute approximate surface area is 350 Å². The SMILES string of the molecule is CC1(C)C(/C=C/C=C/C=C/C=C2\N(CCCCS(=O)(=O)O)c3ccc4ccccc4c3C2(C)C)=[N+](CCCCCC(=O)NN2CCNCC2)c2ccc3ccccc3c21. The lowest BCUT2D eigenvalue weighted by Crippen LogP contribution is -2.52. The molecule has 9 nitrogen and oxygen atoms in total. The van der Waals surface area contributed by atoms with Crippen LogP contribution in [0.5, 0.6) is 0 Å². The van der Waals surface area contributed by atoms with E-state index in [1.807, 2.05) is 5.01 Å². The Morgan fingerprint density at radius 3 is 2.17 bits per heavy atom. The number of anilines is 1.